The van der Waals surface area contributed by atoms with Crippen molar-refractivity contribution in [2.75, 3.05) is 26.8 Å². The van der Waals surface area contributed by atoms with Crippen LogP contribution in [0, 0.1) is 0 Å². The highest BCUT2D eigenvalue weighted by Crippen LogP contribution is 2.09. The number of carbonyl (C=O) groups excluding carboxylic acids is 2. The highest BCUT2D eigenvalue weighted by Gasteiger charge is 2.26. The molecule has 0 heterocycles. The van der Waals surface area contributed by atoms with Crippen LogP contribution in [0.15, 0.2) is 0 Å². The number of hydrogen-bond donors (Lipinski definition) is 0. The summed E-state index contributed by atoms with van der Waals surface area (Å²) < 4.78 is 9.64. The van der Waals surface area contributed by atoms with Gasteiger partial charge >= 0.3 is 11.9 Å². The largest absolute Gasteiger partial charge is 0.468 e. The van der Waals surface area contributed by atoms with Gasteiger partial charge in [0.05, 0.1) is 20.3 Å². The Hall–Kier alpha value is -1.10. The van der Waals surface area contributed by atoms with Crippen molar-refractivity contribution in [3.63, 3.8) is 0 Å². The molecule has 0 radical (unpaired) electrons. The SMILES string of the molecule is CCCC(C(=O)OCC)N(CC)CC(=O)OC. The average molecular weight is 245 g/mol. The predicted molar refractivity (Wildman–Crippen MR) is 64.6 cm³/mol. The summed E-state index contributed by atoms with van der Waals surface area (Å²) in [4.78, 5) is 24.8. The molecule has 100 valence electrons. The molecule has 0 rings (SSSR count). The zero-order valence-electron chi connectivity index (χ0n) is 11.2. The number of rotatable bonds is 8. The van der Waals surface area contributed by atoms with Gasteiger partial charge in [0.15, 0.2) is 0 Å². The summed E-state index contributed by atoms with van der Waals surface area (Å²) in [7, 11) is 1.34. The molecule has 5 heteroatoms. The smallest absolute Gasteiger partial charge is 0.323 e. The lowest BCUT2D eigenvalue weighted by Gasteiger charge is -2.27. The van der Waals surface area contributed by atoms with Crippen molar-refractivity contribution in [3.8, 4) is 0 Å². The lowest BCUT2D eigenvalue weighted by molar-refractivity contribution is -0.152. The van der Waals surface area contributed by atoms with E-state index in [0.29, 0.717) is 19.6 Å². The summed E-state index contributed by atoms with van der Waals surface area (Å²) in [5.41, 5.74) is 0. The third-order valence-corrected chi connectivity index (χ3v) is 2.53. The van der Waals surface area contributed by atoms with E-state index in [4.69, 9.17) is 4.74 Å². The Bertz CT molecular complexity index is 243. The number of esters is 2. The first-order valence-electron chi connectivity index (χ1n) is 6.08. The Morgan fingerprint density at radius 2 is 1.88 bits per heavy atom. The van der Waals surface area contributed by atoms with Crippen LogP contribution in [-0.4, -0.2) is 49.7 Å². The van der Waals surface area contributed by atoms with Crippen LogP contribution in [0.2, 0.25) is 0 Å². The molecule has 0 bridgehead atoms. The second-order valence-corrected chi connectivity index (χ2v) is 3.70. The Labute approximate surface area is 103 Å². The average Bonchev–Trinajstić information content (AvgIpc) is 2.33. The molecule has 0 spiro atoms. The maximum absolute atomic E-state index is 11.8. The molecule has 1 atom stereocenters. The number of ether oxygens (including phenoxy) is 2. The van der Waals surface area contributed by atoms with E-state index < -0.39 is 0 Å². The van der Waals surface area contributed by atoms with Crippen LogP contribution in [0.1, 0.15) is 33.6 Å². The van der Waals surface area contributed by atoms with Crippen molar-refractivity contribution in [3.05, 3.63) is 0 Å². The first-order valence-corrected chi connectivity index (χ1v) is 6.08. The molecular formula is C12H23NO4. The second kappa shape index (κ2) is 8.98. The molecule has 0 amide bonds. The molecule has 5 nitrogen and oxygen atoms in total. The molecule has 0 fully saturated rings. The monoisotopic (exact) mass is 245 g/mol. The molecule has 0 aromatic rings. The van der Waals surface area contributed by atoms with Gasteiger partial charge in [-0.25, -0.2) is 0 Å². The van der Waals surface area contributed by atoms with Gasteiger partial charge < -0.3 is 9.47 Å². The Balaban J connectivity index is 4.61. The van der Waals surface area contributed by atoms with Crippen molar-refractivity contribution in [2.24, 2.45) is 0 Å². The molecule has 17 heavy (non-hydrogen) atoms. The van der Waals surface area contributed by atoms with E-state index in [0.717, 1.165) is 6.42 Å². The minimum Gasteiger partial charge on any atom is -0.468 e. The molecule has 0 aromatic heterocycles. The van der Waals surface area contributed by atoms with Crippen LogP contribution in [0.3, 0.4) is 0 Å². The summed E-state index contributed by atoms with van der Waals surface area (Å²) in [6.45, 7) is 6.77. The van der Waals surface area contributed by atoms with Gasteiger partial charge in [0, 0.05) is 0 Å². The quantitative estimate of drug-likeness (QED) is 0.602. The molecule has 0 aliphatic heterocycles. The van der Waals surface area contributed by atoms with Crippen LogP contribution < -0.4 is 0 Å². The van der Waals surface area contributed by atoms with E-state index in [-0.39, 0.29) is 24.5 Å². The third kappa shape index (κ3) is 5.68. The minimum absolute atomic E-state index is 0.122. The van der Waals surface area contributed by atoms with E-state index in [2.05, 4.69) is 4.74 Å². The fourth-order valence-corrected chi connectivity index (χ4v) is 1.63. The summed E-state index contributed by atoms with van der Waals surface area (Å²) in [6.07, 6.45) is 1.55. The van der Waals surface area contributed by atoms with E-state index in [1.165, 1.54) is 7.11 Å². The Kier molecular flexibility index (Phi) is 8.40. The molecular weight excluding hydrogens is 222 g/mol. The summed E-state index contributed by atoms with van der Waals surface area (Å²) in [6, 6.07) is -0.357. The number of likely N-dealkylation sites (N-methyl/N-ethyl adjacent to an activating group) is 1. The van der Waals surface area contributed by atoms with Crippen LogP contribution in [0.25, 0.3) is 0 Å². The number of methoxy groups -OCH3 is 1. The molecule has 0 aromatic carbocycles. The van der Waals surface area contributed by atoms with Crippen LogP contribution in [0.5, 0.6) is 0 Å². The molecule has 0 saturated heterocycles. The van der Waals surface area contributed by atoms with Gasteiger partial charge in [-0.2, -0.15) is 0 Å². The second-order valence-electron chi connectivity index (χ2n) is 3.70. The van der Waals surface area contributed by atoms with Gasteiger partial charge in [0.1, 0.15) is 6.04 Å². The van der Waals surface area contributed by atoms with Gasteiger partial charge in [-0.1, -0.05) is 20.3 Å². The third-order valence-electron chi connectivity index (χ3n) is 2.53. The Morgan fingerprint density at radius 1 is 1.24 bits per heavy atom. The highest BCUT2D eigenvalue weighted by molar-refractivity contribution is 5.77. The number of carbonyl (C=O) groups is 2. The normalized spacial score (nSPS) is 12.3. The maximum Gasteiger partial charge on any atom is 0.323 e. The molecule has 0 aliphatic carbocycles. The predicted octanol–water partition coefficient (Wildman–Crippen LogP) is 1.21. The topological polar surface area (TPSA) is 55.8 Å². The van der Waals surface area contributed by atoms with Gasteiger partial charge in [-0.3, -0.25) is 14.5 Å². The van der Waals surface area contributed by atoms with Crippen LogP contribution in [0.4, 0.5) is 0 Å². The zero-order chi connectivity index (χ0) is 13.3. The minimum atomic E-state index is -0.357. The van der Waals surface area contributed by atoms with Gasteiger partial charge in [0.2, 0.25) is 0 Å². The zero-order valence-corrected chi connectivity index (χ0v) is 11.2. The Morgan fingerprint density at radius 3 is 2.29 bits per heavy atom. The fraction of sp³-hybridized carbons (Fsp3) is 0.833. The standard InChI is InChI=1S/C12H23NO4/c1-5-8-10(12(15)17-7-3)13(6-2)9-11(14)16-4/h10H,5-9H2,1-4H3. The molecule has 0 aliphatic rings. The number of hydrogen-bond acceptors (Lipinski definition) is 5. The van der Waals surface area contributed by atoms with Crippen LogP contribution in [-0.2, 0) is 19.1 Å². The molecule has 1 unspecified atom stereocenters. The first kappa shape index (κ1) is 15.9. The summed E-state index contributed by atoms with van der Waals surface area (Å²) in [5, 5.41) is 0. The molecule has 0 N–H and O–H groups in total. The van der Waals surface area contributed by atoms with E-state index >= 15 is 0 Å². The first-order chi connectivity index (χ1) is 8.10. The van der Waals surface area contributed by atoms with Gasteiger partial charge in [0.25, 0.3) is 0 Å². The highest BCUT2D eigenvalue weighted by atomic mass is 16.5. The van der Waals surface area contributed by atoms with E-state index in [1.54, 1.807) is 11.8 Å². The van der Waals surface area contributed by atoms with Gasteiger partial charge in [-0.05, 0) is 19.9 Å². The number of nitrogens with zero attached hydrogens (tertiary/aromatic N) is 1. The van der Waals surface area contributed by atoms with Crippen molar-refractivity contribution in [2.45, 2.75) is 39.7 Å². The van der Waals surface area contributed by atoms with E-state index in [1.807, 2.05) is 13.8 Å². The summed E-state index contributed by atoms with van der Waals surface area (Å²) in [5.74, 6) is -0.600. The van der Waals surface area contributed by atoms with Crippen molar-refractivity contribution in [1.29, 1.82) is 0 Å². The van der Waals surface area contributed by atoms with E-state index in [9.17, 15) is 9.59 Å². The summed E-state index contributed by atoms with van der Waals surface area (Å²) >= 11 is 0. The van der Waals surface area contributed by atoms with Crippen LogP contribution >= 0.6 is 0 Å². The lowest BCUT2D eigenvalue weighted by atomic mass is 10.1. The van der Waals surface area contributed by atoms with Crippen molar-refractivity contribution < 1.29 is 19.1 Å². The molecule has 0 saturated carbocycles. The van der Waals surface area contributed by atoms with Crippen molar-refractivity contribution in [1.82, 2.24) is 4.90 Å². The lowest BCUT2D eigenvalue weighted by Crippen LogP contribution is -2.44. The van der Waals surface area contributed by atoms with Crippen molar-refractivity contribution >= 4 is 11.9 Å². The maximum atomic E-state index is 11.8. The van der Waals surface area contributed by atoms with Gasteiger partial charge in [-0.15, -0.1) is 0 Å². The fourth-order valence-electron chi connectivity index (χ4n) is 1.63.